The van der Waals surface area contributed by atoms with Crippen molar-refractivity contribution in [3.63, 3.8) is 0 Å². The lowest BCUT2D eigenvalue weighted by atomic mass is 10.1. The topological polar surface area (TPSA) is 79.5 Å². The maximum absolute atomic E-state index is 11.5. The van der Waals surface area contributed by atoms with E-state index < -0.39 is 11.6 Å². The molecule has 0 aromatic heterocycles. The highest BCUT2D eigenvalue weighted by Gasteiger charge is 2.27. The van der Waals surface area contributed by atoms with E-state index in [2.05, 4.69) is 0 Å². The normalized spacial score (nSPS) is 10.5. The second-order valence-electron chi connectivity index (χ2n) is 3.93. The number of ether oxygens (including phenoxy) is 2. The molecule has 1 rings (SSSR count). The maximum Gasteiger partial charge on any atom is 0.343 e. The molecule has 1 aromatic carbocycles. The summed E-state index contributed by atoms with van der Waals surface area (Å²) in [7, 11) is 1.40. The van der Waals surface area contributed by atoms with Crippen molar-refractivity contribution >= 4 is 5.97 Å². The number of carbonyl (C=O) groups is 1. The zero-order chi connectivity index (χ0) is 13.1. The molecule has 0 atom stereocenters. The summed E-state index contributed by atoms with van der Waals surface area (Å²) in [5, 5.41) is 18.2. The molecule has 0 bridgehead atoms. The quantitative estimate of drug-likeness (QED) is 0.629. The van der Waals surface area contributed by atoms with Crippen molar-refractivity contribution in [3.8, 4) is 17.6 Å². The molecule has 1 N–H and O–H groups in total. The molecule has 0 aliphatic carbocycles. The molecule has 17 heavy (non-hydrogen) atoms. The monoisotopic (exact) mass is 235 g/mol. The van der Waals surface area contributed by atoms with Crippen LogP contribution in [0.2, 0.25) is 0 Å². The van der Waals surface area contributed by atoms with Crippen LogP contribution >= 0.6 is 0 Å². The molecule has 90 valence electrons. The number of hydrogen-bond acceptors (Lipinski definition) is 5. The maximum atomic E-state index is 11.5. The van der Waals surface area contributed by atoms with Crippen molar-refractivity contribution in [3.05, 3.63) is 23.8 Å². The Bertz CT molecular complexity index is 468. The molecule has 0 heterocycles. The Hall–Kier alpha value is -2.06. The fraction of sp³-hybridized carbons (Fsp3) is 0.333. The number of methoxy groups -OCH3 is 1. The molecule has 0 saturated carbocycles. The Morgan fingerprint density at radius 2 is 2.06 bits per heavy atom. The van der Waals surface area contributed by atoms with Crippen molar-refractivity contribution in [2.75, 3.05) is 7.11 Å². The Balaban J connectivity index is 3.00. The van der Waals surface area contributed by atoms with Crippen LogP contribution in [0, 0.1) is 11.3 Å². The zero-order valence-corrected chi connectivity index (χ0v) is 9.85. The smallest absolute Gasteiger partial charge is 0.343 e. The average molecular weight is 235 g/mol. The van der Waals surface area contributed by atoms with Crippen LogP contribution in [0.15, 0.2) is 18.2 Å². The molecule has 5 heteroatoms. The number of nitriles is 1. The number of nitrogens with zero attached hydrogens (tertiary/aromatic N) is 1. The van der Waals surface area contributed by atoms with Crippen LogP contribution in [0.4, 0.5) is 0 Å². The van der Waals surface area contributed by atoms with E-state index in [0.29, 0.717) is 5.56 Å². The van der Waals surface area contributed by atoms with Crippen molar-refractivity contribution in [1.29, 1.82) is 5.26 Å². The lowest BCUT2D eigenvalue weighted by Gasteiger charge is -2.16. The fourth-order valence-electron chi connectivity index (χ4n) is 1.05. The minimum Gasteiger partial charge on any atom is -0.493 e. The van der Waals surface area contributed by atoms with Crippen LogP contribution in [0.1, 0.15) is 19.4 Å². The van der Waals surface area contributed by atoms with E-state index in [1.54, 1.807) is 0 Å². The third kappa shape index (κ3) is 3.20. The predicted molar refractivity (Wildman–Crippen MR) is 59.6 cm³/mol. The molecule has 0 radical (unpaired) electrons. The van der Waals surface area contributed by atoms with Crippen molar-refractivity contribution in [2.24, 2.45) is 0 Å². The highest BCUT2D eigenvalue weighted by atomic mass is 16.6. The lowest BCUT2D eigenvalue weighted by molar-refractivity contribution is -0.151. The fourth-order valence-corrected chi connectivity index (χ4v) is 1.05. The SMILES string of the molecule is COc1cc(C#N)ccc1OC(=O)C(C)(C)O. The van der Waals surface area contributed by atoms with E-state index in [-0.39, 0.29) is 11.5 Å². The van der Waals surface area contributed by atoms with Gasteiger partial charge in [-0.05, 0) is 26.0 Å². The van der Waals surface area contributed by atoms with E-state index in [4.69, 9.17) is 14.7 Å². The van der Waals surface area contributed by atoms with E-state index in [1.165, 1.54) is 39.2 Å². The van der Waals surface area contributed by atoms with Gasteiger partial charge in [0, 0.05) is 6.07 Å². The molecule has 0 amide bonds. The second kappa shape index (κ2) is 4.85. The average Bonchev–Trinajstić information content (AvgIpc) is 2.28. The van der Waals surface area contributed by atoms with Gasteiger partial charge in [-0.15, -0.1) is 0 Å². The van der Waals surface area contributed by atoms with E-state index in [9.17, 15) is 9.90 Å². The van der Waals surface area contributed by atoms with Gasteiger partial charge in [-0.2, -0.15) is 5.26 Å². The summed E-state index contributed by atoms with van der Waals surface area (Å²) in [5.74, 6) is -0.360. The molecular weight excluding hydrogens is 222 g/mol. The van der Waals surface area contributed by atoms with Gasteiger partial charge in [0.2, 0.25) is 0 Å². The Kier molecular flexibility index (Phi) is 3.71. The summed E-state index contributed by atoms with van der Waals surface area (Å²) < 4.78 is 9.97. The van der Waals surface area contributed by atoms with E-state index >= 15 is 0 Å². The van der Waals surface area contributed by atoms with Crippen LogP contribution in [0.5, 0.6) is 11.5 Å². The second-order valence-corrected chi connectivity index (χ2v) is 3.93. The lowest BCUT2D eigenvalue weighted by Crippen LogP contribution is -2.35. The van der Waals surface area contributed by atoms with Gasteiger partial charge in [-0.1, -0.05) is 0 Å². The van der Waals surface area contributed by atoms with Crippen LogP contribution < -0.4 is 9.47 Å². The van der Waals surface area contributed by atoms with Gasteiger partial charge in [-0.3, -0.25) is 0 Å². The van der Waals surface area contributed by atoms with E-state index in [0.717, 1.165) is 0 Å². The molecule has 0 unspecified atom stereocenters. The largest absolute Gasteiger partial charge is 0.493 e. The first-order chi connectivity index (χ1) is 7.88. The van der Waals surface area contributed by atoms with Crippen LogP contribution in [-0.4, -0.2) is 23.8 Å². The first kappa shape index (κ1) is 13.0. The molecule has 0 saturated heterocycles. The summed E-state index contributed by atoms with van der Waals surface area (Å²) >= 11 is 0. The number of rotatable bonds is 3. The predicted octanol–water partition coefficient (Wildman–Crippen LogP) is 1.24. The number of benzene rings is 1. The Labute approximate surface area is 99.2 Å². The van der Waals surface area contributed by atoms with Gasteiger partial charge in [0.25, 0.3) is 0 Å². The molecule has 0 spiro atoms. The van der Waals surface area contributed by atoms with Crippen molar-refractivity contribution in [1.82, 2.24) is 0 Å². The van der Waals surface area contributed by atoms with Gasteiger partial charge in [0.15, 0.2) is 17.1 Å². The molecule has 0 aliphatic heterocycles. The van der Waals surface area contributed by atoms with E-state index in [1.807, 2.05) is 6.07 Å². The van der Waals surface area contributed by atoms with Crippen LogP contribution in [-0.2, 0) is 4.79 Å². The summed E-state index contributed by atoms with van der Waals surface area (Å²) in [6.45, 7) is 2.65. The number of esters is 1. The number of aliphatic hydroxyl groups is 1. The minimum absolute atomic E-state index is 0.165. The summed E-state index contributed by atoms with van der Waals surface area (Å²) in [6, 6.07) is 6.33. The van der Waals surface area contributed by atoms with Gasteiger partial charge >= 0.3 is 5.97 Å². The summed E-state index contributed by atoms with van der Waals surface area (Å²) in [4.78, 5) is 11.5. The standard InChI is InChI=1S/C12H13NO4/c1-12(2,15)11(14)17-9-5-4-8(7-13)6-10(9)16-3/h4-6,15H,1-3H3. The first-order valence-corrected chi connectivity index (χ1v) is 4.91. The number of hydrogen-bond donors (Lipinski definition) is 1. The number of carbonyl (C=O) groups excluding carboxylic acids is 1. The van der Waals surface area contributed by atoms with Gasteiger partial charge in [-0.25, -0.2) is 4.79 Å². The molecule has 1 aromatic rings. The van der Waals surface area contributed by atoms with Gasteiger partial charge < -0.3 is 14.6 Å². The molecule has 0 fully saturated rings. The van der Waals surface area contributed by atoms with Crippen LogP contribution in [0.3, 0.4) is 0 Å². The first-order valence-electron chi connectivity index (χ1n) is 4.91. The van der Waals surface area contributed by atoms with Crippen LogP contribution in [0.25, 0.3) is 0 Å². The van der Waals surface area contributed by atoms with Gasteiger partial charge in [0.1, 0.15) is 0 Å². The Morgan fingerprint density at radius 3 is 2.53 bits per heavy atom. The molecule has 5 nitrogen and oxygen atoms in total. The third-order valence-electron chi connectivity index (χ3n) is 1.99. The van der Waals surface area contributed by atoms with Crippen molar-refractivity contribution < 1.29 is 19.4 Å². The summed E-state index contributed by atoms with van der Waals surface area (Å²) in [5.41, 5.74) is -1.19. The Morgan fingerprint density at radius 1 is 1.41 bits per heavy atom. The zero-order valence-electron chi connectivity index (χ0n) is 9.85. The van der Waals surface area contributed by atoms with Crippen molar-refractivity contribution in [2.45, 2.75) is 19.4 Å². The highest BCUT2D eigenvalue weighted by Crippen LogP contribution is 2.28. The minimum atomic E-state index is -1.58. The summed E-state index contributed by atoms with van der Waals surface area (Å²) in [6.07, 6.45) is 0. The van der Waals surface area contributed by atoms with Gasteiger partial charge in [0.05, 0.1) is 18.7 Å². The highest BCUT2D eigenvalue weighted by molar-refractivity contribution is 5.81. The molecular formula is C12H13NO4. The third-order valence-corrected chi connectivity index (χ3v) is 1.99. The molecule has 0 aliphatic rings.